The van der Waals surface area contributed by atoms with Crippen LogP contribution in [0.5, 0.6) is 5.75 Å². The van der Waals surface area contributed by atoms with Gasteiger partial charge in [0.1, 0.15) is 0 Å². The van der Waals surface area contributed by atoms with Crippen LogP contribution >= 0.6 is 0 Å². The summed E-state index contributed by atoms with van der Waals surface area (Å²) in [6.45, 7) is 2.36. The maximum atomic E-state index is 11.2. The lowest BCUT2D eigenvalue weighted by molar-refractivity contribution is -0.385. The van der Waals surface area contributed by atoms with Crippen LogP contribution in [0.4, 0.5) is 5.69 Å². The third-order valence-corrected chi connectivity index (χ3v) is 1.62. The third kappa shape index (κ3) is 2.29. The number of nitro groups is 1. The lowest BCUT2D eigenvalue weighted by atomic mass is 10.2. The summed E-state index contributed by atoms with van der Waals surface area (Å²) in [6, 6.07) is 3.59. The number of nitro benzene ring substituents is 1. The number of hydrogen-bond acceptors (Lipinski definition) is 4. The standard InChI is InChI=1S/C9H10N2O3/c1-2-10-6-7-5-8(11(13)14)3-4-9(7)12/h3-6,12H,2H2,1H3/p-1. The van der Waals surface area contributed by atoms with E-state index in [-0.39, 0.29) is 17.0 Å². The van der Waals surface area contributed by atoms with E-state index in [1.165, 1.54) is 24.4 Å². The Kier molecular flexibility index (Phi) is 3.17. The molecule has 1 rings (SSSR count). The maximum Gasteiger partial charge on any atom is 0.270 e. The van der Waals surface area contributed by atoms with Crippen LogP contribution in [0, 0.1) is 10.1 Å². The van der Waals surface area contributed by atoms with Crippen LogP contribution in [0.25, 0.3) is 0 Å². The zero-order chi connectivity index (χ0) is 10.6. The summed E-state index contributed by atoms with van der Waals surface area (Å²) < 4.78 is 0. The Morgan fingerprint density at radius 3 is 2.86 bits per heavy atom. The number of nitrogens with zero attached hydrogens (tertiary/aromatic N) is 2. The zero-order valence-electron chi connectivity index (χ0n) is 7.64. The number of non-ortho nitro benzene ring substituents is 1. The molecule has 0 aromatic heterocycles. The van der Waals surface area contributed by atoms with E-state index in [1.54, 1.807) is 0 Å². The molecule has 0 N–H and O–H groups in total. The normalized spacial score (nSPS) is 10.6. The molecule has 5 nitrogen and oxygen atoms in total. The highest BCUT2D eigenvalue weighted by atomic mass is 16.6. The molecule has 14 heavy (non-hydrogen) atoms. The molecule has 0 radical (unpaired) electrons. The van der Waals surface area contributed by atoms with E-state index < -0.39 is 4.92 Å². The van der Waals surface area contributed by atoms with Crippen LogP contribution in [0.3, 0.4) is 0 Å². The van der Waals surface area contributed by atoms with Gasteiger partial charge in [-0.25, -0.2) is 0 Å². The molecule has 0 heterocycles. The highest BCUT2D eigenvalue weighted by Crippen LogP contribution is 2.18. The summed E-state index contributed by atoms with van der Waals surface area (Å²) in [5.41, 5.74) is 0.156. The molecule has 0 spiro atoms. The largest absolute Gasteiger partial charge is 0.872 e. The van der Waals surface area contributed by atoms with E-state index in [1.807, 2.05) is 6.92 Å². The average Bonchev–Trinajstić information content (AvgIpc) is 2.16. The van der Waals surface area contributed by atoms with Crippen molar-refractivity contribution >= 4 is 11.9 Å². The van der Waals surface area contributed by atoms with Gasteiger partial charge in [0.2, 0.25) is 0 Å². The molecule has 0 aliphatic heterocycles. The molecule has 0 amide bonds. The van der Waals surface area contributed by atoms with Gasteiger partial charge in [0.25, 0.3) is 5.69 Å². The monoisotopic (exact) mass is 193 g/mol. The summed E-state index contributed by atoms with van der Waals surface area (Å²) >= 11 is 0. The molecule has 5 heteroatoms. The number of benzene rings is 1. The molecule has 0 aliphatic carbocycles. The summed E-state index contributed by atoms with van der Waals surface area (Å²) in [7, 11) is 0. The van der Waals surface area contributed by atoms with Gasteiger partial charge in [-0.1, -0.05) is 11.8 Å². The molecule has 0 aliphatic rings. The zero-order valence-corrected chi connectivity index (χ0v) is 7.64. The Bertz CT molecular complexity index is 374. The molecule has 0 unspecified atom stereocenters. The van der Waals surface area contributed by atoms with Gasteiger partial charge in [-0.3, -0.25) is 15.1 Å². The lowest BCUT2D eigenvalue weighted by Gasteiger charge is -2.08. The number of hydrogen-bond donors (Lipinski definition) is 0. The quantitative estimate of drug-likeness (QED) is 0.409. The van der Waals surface area contributed by atoms with Gasteiger partial charge >= 0.3 is 0 Å². The van der Waals surface area contributed by atoms with E-state index in [0.29, 0.717) is 6.54 Å². The molecular formula is C9H9N2O3-. The fourth-order valence-electron chi connectivity index (χ4n) is 0.940. The SMILES string of the molecule is CCN=Cc1cc([N+](=O)[O-])ccc1[O-]. The van der Waals surface area contributed by atoms with Crippen molar-refractivity contribution in [2.45, 2.75) is 6.92 Å². The van der Waals surface area contributed by atoms with Gasteiger partial charge in [0.15, 0.2) is 0 Å². The van der Waals surface area contributed by atoms with Crippen molar-refractivity contribution in [2.75, 3.05) is 6.54 Å². The minimum Gasteiger partial charge on any atom is -0.872 e. The molecule has 74 valence electrons. The van der Waals surface area contributed by atoms with Gasteiger partial charge in [-0.05, 0) is 12.5 Å². The number of aliphatic imine (C=N–C) groups is 1. The van der Waals surface area contributed by atoms with Crippen molar-refractivity contribution in [3.05, 3.63) is 33.9 Å². The van der Waals surface area contributed by atoms with Crippen LogP contribution in [0.15, 0.2) is 23.2 Å². The second kappa shape index (κ2) is 4.36. The van der Waals surface area contributed by atoms with Gasteiger partial charge in [-0.2, -0.15) is 0 Å². The van der Waals surface area contributed by atoms with Crippen molar-refractivity contribution < 1.29 is 10.0 Å². The van der Waals surface area contributed by atoms with E-state index in [9.17, 15) is 15.2 Å². The molecule has 1 aromatic rings. The first-order valence-electron chi connectivity index (χ1n) is 4.10. The fraction of sp³-hybridized carbons (Fsp3) is 0.222. The van der Waals surface area contributed by atoms with Gasteiger partial charge in [0, 0.05) is 24.9 Å². The Balaban J connectivity index is 3.08. The molecule has 0 bridgehead atoms. The van der Waals surface area contributed by atoms with E-state index >= 15 is 0 Å². The highest BCUT2D eigenvalue weighted by Gasteiger charge is 2.04. The number of rotatable bonds is 3. The van der Waals surface area contributed by atoms with Crippen molar-refractivity contribution in [1.29, 1.82) is 0 Å². The van der Waals surface area contributed by atoms with Gasteiger partial charge in [0.05, 0.1) is 4.92 Å². The van der Waals surface area contributed by atoms with Crippen molar-refractivity contribution in [1.82, 2.24) is 0 Å². The topological polar surface area (TPSA) is 78.6 Å². The van der Waals surface area contributed by atoms with Crippen molar-refractivity contribution in [2.24, 2.45) is 4.99 Å². The molecule has 0 saturated carbocycles. The smallest absolute Gasteiger partial charge is 0.270 e. The third-order valence-electron chi connectivity index (χ3n) is 1.62. The Morgan fingerprint density at radius 1 is 1.57 bits per heavy atom. The van der Waals surface area contributed by atoms with Gasteiger partial charge in [-0.15, -0.1) is 0 Å². The first kappa shape index (κ1) is 10.2. The molecule has 0 atom stereocenters. The fourth-order valence-corrected chi connectivity index (χ4v) is 0.940. The first-order chi connectivity index (χ1) is 6.65. The maximum absolute atomic E-state index is 11.2. The van der Waals surface area contributed by atoms with Crippen molar-refractivity contribution in [3.8, 4) is 5.75 Å². The molecule has 1 aromatic carbocycles. The second-order valence-corrected chi connectivity index (χ2v) is 2.61. The second-order valence-electron chi connectivity index (χ2n) is 2.61. The minimum atomic E-state index is -0.539. The van der Waals surface area contributed by atoms with Crippen molar-refractivity contribution in [3.63, 3.8) is 0 Å². The lowest BCUT2D eigenvalue weighted by Crippen LogP contribution is -1.98. The van der Waals surface area contributed by atoms with Gasteiger partial charge < -0.3 is 5.11 Å². The van der Waals surface area contributed by atoms with E-state index in [2.05, 4.69) is 4.99 Å². The molecule has 0 fully saturated rings. The first-order valence-corrected chi connectivity index (χ1v) is 4.10. The van der Waals surface area contributed by atoms with Crippen LogP contribution in [0.1, 0.15) is 12.5 Å². The summed E-state index contributed by atoms with van der Waals surface area (Å²) in [5.74, 6) is -0.257. The summed E-state index contributed by atoms with van der Waals surface area (Å²) in [4.78, 5) is 13.7. The Labute approximate surface area is 80.9 Å². The van der Waals surface area contributed by atoms with Crippen LogP contribution in [-0.2, 0) is 0 Å². The predicted octanol–water partition coefficient (Wildman–Crippen LogP) is 1.11. The molecular weight excluding hydrogens is 184 g/mol. The van der Waals surface area contributed by atoms with E-state index in [0.717, 1.165) is 0 Å². The Hall–Kier alpha value is -1.91. The van der Waals surface area contributed by atoms with Crippen LogP contribution in [-0.4, -0.2) is 17.7 Å². The minimum absolute atomic E-state index is 0.0952. The predicted molar refractivity (Wildman–Crippen MR) is 50.7 cm³/mol. The summed E-state index contributed by atoms with van der Waals surface area (Å²) in [6.07, 6.45) is 1.36. The summed E-state index contributed by atoms with van der Waals surface area (Å²) in [5, 5.41) is 21.6. The Morgan fingerprint density at radius 2 is 2.29 bits per heavy atom. The van der Waals surface area contributed by atoms with E-state index in [4.69, 9.17) is 0 Å². The highest BCUT2D eigenvalue weighted by molar-refractivity contribution is 5.84. The average molecular weight is 193 g/mol. The van der Waals surface area contributed by atoms with Crippen LogP contribution < -0.4 is 5.11 Å². The van der Waals surface area contributed by atoms with Crippen LogP contribution in [0.2, 0.25) is 0 Å². The molecule has 0 saturated heterocycles.